The van der Waals surface area contributed by atoms with E-state index in [1.807, 2.05) is 19.1 Å². The number of carbonyl (C=O) groups is 1. The molecule has 0 unspecified atom stereocenters. The minimum absolute atomic E-state index is 0.114. The van der Waals surface area contributed by atoms with Crippen LogP contribution in [0.15, 0.2) is 36.4 Å². The molecule has 0 spiro atoms. The molecule has 0 radical (unpaired) electrons. The number of hydrogen-bond donors (Lipinski definition) is 1. The number of methoxy groups -OCH3 is 1. The van der Waals surface area contributed by atoms with Crippen LogP contribution in [-0.2, 0) is 11.3 Å². The van der Waals surface area contributed by atoms with Crippen LogP contribution in [0.3, 0.4) is 0 Å². The summed E-state index contributed by atoms with van der Waals surface area (Å²) in [6, 6.07) is 10.8. The number of hydrogen-bond acceptors (Lipinski definition) is 4. The van der Waals surface area contributed by atoms with Gasteiger partial charge in [0, 0.05) is 29.3 Å². The second-order valence-electron chi connectivity index (χ2n) is 6.57. The Morgan fingerprint density at radius 3 is 2.85 bits per heavy atom. The first-order chi connectivity index (χ1) is 13.1. The smallest absolute Gasteiger partial charge is 0.251 e. The van der Waals surface area contributed by atoms with Gasteiger partial charge >= 0.3 is 0 Å². The predicted octanol–water partition coefficient (Wildman–Crippen LogP) is 4.14. The van der Waals surface area contributed by atoms with Gasteiger partial charge in [-0.25, -0.2) is 0 Å². The summed E-state index contributed by atoms with van der Waals surface area (Å²) in [5.74, 6) is 1.26. The summed E-state index contributed by atoms with van der Waals surface area (Å²) in [6.07, 6.45) is 2.15. The van der Waals surface area contributed by atoms with Gasteiger partial charge in [-0.2, -0.15) is 0 Å². The number of ether oxygens (including phenoxy) is 3. The molecule has 0 aliphatic carbocycles. The molecule has 5 nitrogen and oxygen atoms in total. The highest BCUT2D eigenvalue weighted by Gasteiger charge is 2.17. The van der Waals surface area contributed by atoms with E-state index in [9.17, 15) is 4.79 Å². The maximum absolute atomic E-state index is 12.4. The van der Waals surface area contributed by atoms with Crippen LogP contribution in [0.5, 0.6) is 11.5 Å². The van der Waals surface area contributed by atoms with Crippen molar-refractivity contribution >= 4 is 17.5 Å². The maximum atomic E-state index is 12.4. The molecule has 1 atom stereocenters. The van der Waals surface area contributed by atoms with Gasteiger partial charge < -0.3 is 19.5 Å². The topological polar surface area (TPSA) is 56.8 Å². The van der Waals surface area contributed by atoms with Crippen LogP contribution in [0.2, 0.25) is 5.02 Å². The molecule has 0 aromatic heterocycles. The Hall–Kier alpha value is -2.24. The Labute approximate surface area is 164 Å². The fourth-order valence-electron chi connectivity index (χ4n) is 3.01. The monoisotopic (exact) mass is 389 g/mol. The quantitative estimate of drug-likeness (QED) is 0.773. The molecule has 1 amide bonds. The SMILES string of the molecule is COc1ccc(C(=O)NC[C@H]2CCCO2)cc1COc1ccc(Cl)c(C)c1. The Balaban J connectivity index is 1.66. The zero-order valence-corrected chi connectivity index (χ0v) is 16.3. The molecule has 1 aliphatic heterocycles. The normalized spacial score (nSPS) is 16.2. The lowest BCUT2D eigenvalue weighted by atomic mass is 10.1. The molecule has 27 heavy (non-hydrogen) atoms. The molecule has 1 fully saturated rings. The van der Waals surface area contributed by atoms with Gasteiger partial charge in [0.15, 0.2) is 0 Å². The minimum Gasteiger partial charge on any atom is -0.496 e. The highest BCUT2D eigenvalue weighted by Crippen LogP contribution is 2.25. The molecule has 1 N–H and O–H groups in total. The lowest BCUT2D eigenvalue weighted by molar-refractivity contribution is 0.0857. The third-order valence-electron chi connectivity index (χ3n) is 4.58. The lowest BCUT2D eigenvalue weighted by Gasteiger charge is -2.14. The summed E-state index contributed by atoms with van der Waals surface area (Å²) in [4.78, 5) is 12.4. The number of halogens is 1. The Kier molecular flexibility index (Phi) is 6.58. The van der Waals surface area contributed by atoms with Gasteiger partial charge in [-0.3, -0.25) is 4.79 Å². The Bertz CT molecular complexity index is 803. The van der Waals surface area contributed by atoms with Crippen LogP contribution in [0.25, 0.3) is 0 Å². The molecular formula is C21H24ClNO4. The number of benzene rings is 2. The first-order valence-corrected chi connectivity index (χ1v) is 9.40. The molecule has 0 saturated carbocycles. The second kappa shape index (κ2) is 9.11. The minimum atomic E-state index is -0.128. The largest absolute Gasteiger partial charge is 0.496 e. The molecule has 1 aliphatic rings. The summed E-state index contributed by atoms with van der Waals surface area (Å²) in [6.45, 7) is 3.52. The van der Waals surface area contributed by atoms with Crippen LogP contribution < -0.4 is 14.8 Å². The first-order valence-electron chi connectivity index (χ1n) is 9.02. The molecule has 1 heterocycles. The van der Waals surface area contributed by atoms with Gasteiger partial charge in [0.25, 0.3) is 5.91 Å². The van der Waals surface area contributed by atoms with Crippen LogP contribution >= 0.6 is 11.6 Å². The summed E-state index contributed by atoms with van der Waals surface area (Å²) in [7, 11) is 1.60. The standard InChI is InChI=1S/C21H24ClNO4/c1-14-10-17(6-7-19(14)22)27-13-16-11-15(5-8-20(16)25-2)21(24)23-12-18-4-3-9-26-18/h5-8,10-11,18H,3-4,9,12-13H2,1-2H3,(H,23,24)/t18-/m1/s1. The van der Waals surface area contributed by atoms with Crippen molar-refractivity contribution in [1.82, 2.24) is 5.32 Å². The molecular weight excluding hydrogens is 366 g/mol. The fourth-order valence-corrected chi connectivity index (χ4v) is 3.13. The van der Waals surface area contributed by atoms with Crippen molar-refractivity contribution in [1.29, 1.82) is 0 Å². The van der Waals surface area contributed by atoms with Crippen molar-refractivity contribution in [2.24, 2.45) is 0 Å². The molecule has 2 aromatic rings. The Morgan fingerprint density at radius 1 is 1.30 bits per heavy atom. The molecule has 2 aromatic carbocycles. The summed E-state index contributed by atoms with van der Waals surface area (Å²) in [5.41, 5.74) is 2.32. The van der Waals surface area contributed by atoms with Gasteiger partial charge in [-0.15, -0.1) is 0 Å². The van der Waals surface area contributed by atoms with E-state index in [0.29, 0.717) is 28.6 Å². The van der Waals surface area contributed by atoms with Crippen molar-refractivity contribution < 1.29 is 19.0 Å². The van der Waals surface area contributed by atoms with Crippen LogP contribution in [0.1, 0.15) is 34.3 Å². The average molecular weight is 390 g/mol. The highest BCUT2D eigenvalue weighted by molar-refractivity contribution is 6.31. The number of carbonyl (C=O) groups excluding carboxylic acids is 1. The zero-order chi connectivity index (χ0) is 19.2. The van der Waals surface area contributed by atoms with E-state index in [1.165, 1.54) is 0 Å². The van der Waals surface area contributed by atoms with Gasteiger partial charge in [0.2, 0.25) is 0 Å². The number of aryl methyl sites for hydroxylation is 1. The van der Waals surface area contributed by atoms with Crippen LogP contribution in [0.4, 0.5) is 0 Å². The second-order valence-corrected chi connectivity index (χ2v) is 6.98. The van der Waals surface area contributed by atoms with E-state index < -0.39 is 0 Å². The third kappa shape index (κ3) is 5.15. The van der Waals surface area contributed by atoms with E-state index in [0.717, 1.165) is 30.6 Å². The molecule has 3 rings (SSSR count). The van der Waals surface area contributed by atoms with Crippen LogP contribution in [0, 0.1) is 6.92 Å². The van der Waals surface area contributed by atoms with E-state index in [2.05, 4.69) is 5.32 Å². The van der Waals surface area contributed by atoms with Crippen molar-refractivity contribution in [3.63, 3.8) is 0 Å². The third-order valence-corrected chi connectivity index (χ3v) is 5.00. The molecule has 0 bridgehead atoms. The molecule has 6 heteroatoms. The highest BCUT2D eigenvalue weighted by atomic mass is 35.5. The summed E-state index contributed by atoms with van der Waals surface area (Å²) >= 11 is 6.05. The number of nitrogens with one attached hydrogen (secondary N) is 1. The first kappa shape index (κ1) is 19.5. The van der Waals surface area contributed by atoms with Crippen molar-refractivity contribution in [2.75, 3.05) is 20.3 Å². The number of amides is 1. The molecule has 144 valence electrons. The van der Waals surface area contributed by atoms with E-state index >= 15 is 0 Å². The summed E-state index contributed by atoms with van der Waals surface area (Å²) in [5, 5.41) is 3.63. The summed E-state index contributed by atoms with van der Waals surface area (Å²) < 4.78 is 16.8. The van der Waals surface area contributed by atoms with Gasteiger partial charge in [0.05, 0.1) is 13.2 Å². The molecule has 1 saturated heterocycles. The van der Waals surface area contributed by atoms with E-state index in [4.69, 9.17) is 25.8 Å². The van der Waals surface area contributed by atoms with Crippen molar-refractivity contribution in [3.8, 4) is 11.5 Å². The lowest BCUT2D eigenvalue weighted by Crippen LogP contribution is -2.31. The maximum Gasteiger partial charge on any atom is 0.251 e. The number of rotatable bonds is 7. The van der Waals surface area contributed by atoms with Crippen LogP contribution in [-0.4, -0.2) is 32.3 Å². The van der Waals surface area contributed by atoms with Crippen molar-refractivity contribution in [3.05, 3.63) is 58.1 Å². The van der Waals surface area contributed by atoms with Gasteiger partial charge in [-0.1, -0.05) is 11.6 Å². The Morgan fingerprint density at radius 2 is 2.15 bits per heavy atom. The van der Waals surface area contributed by atoms with E-state index in [-0.39, 0.29) is 18.6 Å². The van der Waals surface area contributed by atoms with E-state index in [1.54, 1.807) is 31.4 Å². The van der Waals surface area contributed by atoms with Gasteiger partial charge in [-0.05, 0) is 61.7 Å². The predicted molar refractivity (Wildman–Crippen MR) is 105 cm³/mol. The van der Waals surface area contributed by atoms with Gasteiger partial charge in [0.1, 0.15) is 18.1 Å². The zero-order valence-electron chi connectivity index (χ0n) is 15.6. The average Bonchev–Trinajstić information content (AvgIpc) is 3.20. The fraction of sp³-hybridized carbons (Fsp3) is 0.381. The van der Waals surface area contributed by atoms with Crippen molar-refractivity contribution in [2.45, 2.75) is 32.5 Å².